The monoisotopic (exact) mass is 377 g/mol. The Hall–Kier alpha value is -3.79. The lowest BCUT2D eigenvalue weighted by Gasteiger charge is -2.08. The Morgan fingerprint density at radius 3 is 2.71 bits per heavy atom. The molecule has 1 aromatic heterocycles. The van der Waals surface area contributed by atoms with Gasteiger partial charge in [-0.3, -0.25) is 4.79 Å². The number of hydrogen-bond donors (Lipinski definition) is 2. The molecule has 3 aromatic rings. The summed E-state index contributed by atoms with van der Waals surface area (Å²) in [5, 5.41) is 19.6. The van der Waals surface area contributed by atoms with Gasteiger partial charge in [0.15, 0.2) is 11.6 Å². The summed E-state index contributed by atoms with van der Waals surface area (Å²) in [6.07, 6.45) is 0.572. The van der Waals surface area contributed by atoms with Crippen molar-refractivity contribution >= 4 is 22.6 Å². The molecular weight excluding hydrogens is 358 g/mol. The normalized spacial score (nSPS) is 11.6. The van der Waals surface area contributed by atoms with Crippen molar-refractivity contribution in [3.05, 3.63) is 65.7 Å². The van der Waals surface area contributed by atoms with E-state index in [1.54, 1.807) is 13.2 Å². The maximum atomic E-state index is 12.0. The number of nitrogens with one attached hydrogen (secondary N) is 1. The number of aliphatic hydroxyl groups excluding tert-OH is 1. The van der Waals surface area contributed by atoms with Gasteiger partial charge in [0, 0.05) is 6.42 Å². The van der Waals surface area contributed by atoms with Gasteiger partial charge in [-0.05, 0) is 30.2 Å². The van der Waals surface area contributed by atoms with E-state index in [2.05, 4.69) is 9.97 Å². The molecule has 3 rings (SSSR count). The van der Waals surface area contributed by atoms with E-state index in [4.69, 9.17) is 9.47 Å². The zero-order valence-corrected chi connectivity index (χ0v) is 15.3. The molecule has 0 aliphatic heterocycles. The predicted octanol–water partition coefficient (Wildman–Crippen LogP) is 3.54. The van der Waals surface area contributed by atoms with Crippen LogP contribution in [0.5, 0.6) is 5.75 Å². The molecule has 0 radical (unpaired) electrons. The molecule has 28 heavy (non-hydrogen) atoms. The Kier molecular flexibility index (Phi) is 5.92. The van der Waals surface area contributed by atoms with E-state index in [9.17, 15) is 15.2 Å². The number of aryl methyl sites for hydroxylation is 1. The second-order valence-corrected chi connectivity index (χ2v) is 6.01. The molecule has 1 heterocycles. The Balaban J connectivity index is 1.63. The van der Waals surface area contributed by atoms with E-state index >= 15 is 0 Å². The molecular formula is C21H19N3O4. The number of imidazole rings is 1. The van der Waals surface area contributed by atoms with Gasteiger partial charge in [-0.15, -0.1) is 0 Å². The van der Waals surface area contributed by atoms with Crippen molar-refractivity contribution in [1.82, 2.24) is 9.97 Å². The molecule has 0 atom stereocenters. The maximum Gasteiger partial charge on any atom is 0.306 e. The van der Waals surface area contributed by atoms with Crippen LogP contribution in [-0.4, -0.2) is 34.8 Å². The molecule has 0 fully saturated rings. The molecule has 2 aromatic carbocycles. The van der Waals surface area contributed by atoms with E-state index in [-0.39, 0.29) is 23.6 Å². The number of esters is 1. The lowest BCUT2D eigenvalue weighted by Crippen LogP contribution is -2.10. The standard InChI is InChI=1S/C21H19N3O4/c1-27-19-9-5-2-6-14(19)10-11-20(26)28-13-18(25)15(12-22)21-23-16-7-3-4-8-17(16)24-21/h2-9,25H,10-11,13H2,1H3,(H,23,24)/b18-15-. The predicted molar refractivity (Wildman–Crippen MR) is 104 cm³/mol. The zero-order chi connectivity index (χ0) is 19.9. The molecule has 142 valence electrons. The van der Waals surface area contributed by atoms with Gasteiger partial charge in [-0.1, -0.05) is 30.3 Å². The number of nitriles is 1. The first-order valence-electron chi connectivity index (χ1n) is 8.67. The van der Waals surface area contributed by atoms with Crippen LogP contribution in [0.25, 0.3) is 16.6 Å². The highest BCUT2D eigenvalue weighted by Gasteiger charge is 2.15. The molecule has 0 bridgehead atoms. The minimum atomic E-state index is -0.487. The van der Waals surface area contributed by atoms with Crippen molar-refractivity contribution in [3.8, 4) is 11.8 Å². The first kappa shape index (κ1) is 19.0. The summed E-state index contributed by atoms with van der Waals surface area (Å²) in [6.45, 7) is -0.398. The summed E-state index contributed by atoms with van der Waals surface area (Å²) in [5.74, 6) is 0.0903. The Bertz CT molecular complexity index is 1030. The number of fused-ring (bicyclic) bond motifs is 1. The number of rotatable bonds is 7. The fourth-order valence-corrected chi connectivity index (χ4v) is 2.76. The average Bonchev–Trinajstić information content (AvgIpc) is 3.15. The van der Waals surface area contributed by atoms with Gasteiger partial charge in [0.25, 0.3) is 0 Å². The Morgan fingerprint density at radius 1 is 1.21 bits per heavy atom. The highest BCUT2D eigenvalue weighted by molar-refractivity contribution is 5.83. The van der Waals surface area contributed by atoms with Gasteiger partial charge in [-0.2, -0.15) is 5.26 Å². The van der Waals surface area contributed by atoms with Crippen LogP contribution in [-0.2, 0) is 16.0 Å². The van der Waals surface area contributed by atoms with Crippen LogP contribution in [0.3, 0.4) is 0 Å². The fourth-order valence-electron chi connectivity index (χ4n) is 2.76. The Morgan fingerprint density at radius 2 is 1.96 bits per heavy atom. The third-order valence-electron chi connectivity index (χ3n) is 4.19. The number of hydrogen-bond acceptors (Lipinski definition) is 6. The highest BCUT2D eigenvalue weighted by Crippen LogP contribution is 2.20. The average molecular weight is 377 g/mol. The smallest absolute Gasteiger partial charge is 0.306 e. The maximum absolute atomic E-state index is 12.0. The van der Waals surface area contributed by atoms with Gasteiger partial charge in [0.2, 0.25) is 0 Å². The second-order valence-electron chi connectivity index (χ2n) is 6.01. The number of methoxy groups -OCH3 is 1. The number of H-pyrrole nitrogens is 1. The molecule has 0 aliphatic rings. The van der Waals surface area contributed by atoms with Crippen molar-refractivity contribution in [1.29, 1.82) is 5.26 Å². The molecule has 0 saturated carbocycles. The van der Waals surface area contributed by atoms with Gasteiger partial charge >= 0.3 is 5.97 Å². The number of benzene rings is 2. The number of para-hydroxylation sites is 3. The summed E-state index contributed by atoms with van der Waals surface area (Å²) in [5.41, 5.74) is 2.24. The lowest BCUT2D eigenvalue weighted by atomic mass is 10.1. The summed E-state index contributed by atoms with van der Waals surface area (Å²) in [6, 6.07) is 16.6. The number of aromatic nitrogens is 2. The number of allylic oxidation sites excluding steroid dienone is 1. The number of carbonyl (C=O) groups is 1. The van der Waals surface area contributed by atoms with Crippen LogP contribution in [0, 0.1) is 11.3 Å². The van der Waals surface area contributed by atoms with E-state index in [1.807, 2.05) is 48.5 Å². The van der Waals surface area contributed by atoms with E-state index in [0.717, 1.165) is 11.1 Å². The largest absolute Gasteiger partial charge is 0.507 e. The van der Waals surface area contributed by atoms with E-state index < -0.39 is 12.6 Å². The summed E-state index contributed by atoms with van der Waals surface area (Å²) in [7, 11) is 1.57. The number of carbonyl (C=O) groups excluding carboxylic acids is 1. The second kappa shape index (κ2) is 8.73. The Labute approximate surface area is 161 Å². The third-order valence-corrected chi connectivity index (χ3v) is 4.19. The molecule has 7 nitrogen and oxygen atoms in total. The van der Waals surface area contributed by atoms with Gasteiger partial charge in [0.05, 0.1) is 18.1 Å². The molecule has 0 saturated heterocycles. The number of aliphatic hydroxyl groups is 1. The van der Waals surface area contributed by atoms with Gasteiger partial charge < -0.3 is 19.6 Å². The van der Waals surface area contributed by atoms with Crippen LogP contribution in [0.1, 0.15) is 17.8 Å². The minimum Gasteiger partial charge on any atom is -0.507 e. The van der Waals surface area contributed by atoms with Crippen molar-refractivity contribution in [2.45, 2.75) is 12.8 Å². The van der Waals surface area contributed by atoms with Gasteiger partial charge in [0.1, 0.15) is 24.0 Å². The SMILES string of the molecule is COc1ccccc1CCC(=O)OC/C(O)=C(\C#N)c1nc2ccccc2[nH]1. The van der Waals surface area contributed by atoms with Crippen LogP contribution in [0.4, 0.5) is 0 Å². The first-order chi connectivity index (χ1) is 13.6. The van der Waals surface area contributed by atoms with Crippen molar-refractivity contribution < 1.29 is 19.4 Å². The fraction of sp³-hybridized carbons (Fsp3) is 0.190. The van der Waals surface area contributed by atoms with Crippen molar-refractivity contribution in [2.75, 3.05) is 13.7 Å². The van der Waals surface area contributed by atoms with Crippen LogP contribution >= 0.6 is 0 Å². The number of aromatic amines is 1. The molecule has 0 aliphatic carbocycles. The van der Waals surface area contributed by atoms with Crippen molar-refractivity contribution in [2.24, 2.45) is 0 Å². The van der Waals surface area contributed by atoms with Crippen LogP contribution in [0.15, 0.2) is 54.3 Å². The molecule has 0 unspecified atom stereocenters. The molecule has 2 N–H and O–H groups in total. The minimum absolute atomic E-state index is 0.0614. The summed E-state index contributed by atoms with van der Waals surface area (Å²) >= 11 is 0. The molecule has 0 spiro atoms. The topological polar surface area (TPSA) is 108 Å². The highest BCUT2D eigenvalue weighted by atomic mass is 16.5. The quantitative estimate of drug-likeness (QED) is 0.370. The van der Waals surface area contributed by atoms with Crippen molar-refractivity contribution in [3.63, 3.8) is 0 Å². The molecule has 7 heteroatoms. The van der Waals surface area contributed by atoms with Gasteiger partial charge in [-0.25, -0.2) is 4.98 Å². The molecule has 0 amide bonds. The summed E-state index contributed by atoms with van der Waals surface area (Å²) in [4.78, 5) is 19.3. The number of nitrogens with zero attached hydrogens (tertiary/aromatic N) is 2. The third kappa shape index (κ3) is 4.30. The first-order valence-corrected chi connectivity index (χ1v) is 8.67. The van der Waals surface area contributed by atoms with E-state index in [1.165, 1.54) is 0 Å². The van der Waals surface area contributed by atoms with Crippen LogP contribution < -0.4 is 4.74 Å². The zero-order valence-electron chi connectivity index (χ0n) is 15.3. The van der Waals surface area contributed by atoms with Crippen LogP contribution in [0.2, 0.25) is 0 Å². The number of ether oxygens (including phenoxy) is 2. The van der Waals surface area contributed by atoms with E-state index in [0.29, 0.717) is 17.7 Å². The summed E-state index contributed by atoms with van der Waals surface area (Å²) < 4.78 is 10.3. The lowest BCUT2D eigenvalue weighted by molar-refractivity contribution is -0.143.